The van der Waals surface area contributed by atoms with Crippen LogP contribution in [0, 0.1) is 0 Å². The van der Waals surface area contributed by atoms with Crippen LogP contribution in [0.15, 0.2) is 18.2 Å². The monoisotopic (exact) mass is 277 g/mol. The minimum atomic E-state index is -0.257. The van der Waals surface area contributed by atoms with Gasteiger partial charge in [0, 0.05) is 36.9 Å². The lowest BCUT2D eigenvalue weighted by Crippen LogP contribution is -2.31. The molecule has 1 rings (SSSR count). The maximum atomic E-state index is 5.95. The van der Waals surface area contributed by atoms with E-state index in [1.165, 1.54) is 0 Å². The van der Waals surface area contributed by atoms with Gasteiger partial charge < -0.3 is 14.8 Å². The van der Waals surface area contributed by atoms with Crippen molar-refractivity contribution in [3.05, 3.63) is 33.8 Å². The Labute approximate surface area is 112 Å². The summed E-state index contributed by atoms with van der Waals surface area (Å²) < 4.78 is 10.2. The Kier molecular flexibility index (Phi) is 6.23. The summed E-state index contributed by atoms with van der Waals surface area (Å²) >= 11 is 11.9. The first-order valence-electron chi connectivity index (χ1n) is 5.31. The van der Waals surface area contributed by atoms with E-state index >= 15 is 0 Å². The van der Waals surface area contributed by atoms with Gasteiger partial charge in [0.1, 0.15) is 0 Å². The SMILES string of the molecule is COC(CNC(C)c1cc(Cl)cc(Cl)c1)OC. The number of ether oxygens (including phenoxy) is 2. The molecule has 1 N–H and O–H groups in total. The Morgan fingerprint density at radius 3 is 2.12 bits per heavy atom. The fourth-order valence-corrected chi connectivity index (χ4v) is 2.02. The molecule has 0 aliphatic carbocycles. The summed E-state index contributed by atoms with van der Waals surface area (Å²) in [4.78, 5) is 0. The molecule has 1 aromatic rings. The van der Waals surface area contributed by atoms with Gasteiger partial charge in [0.25, 0.3) is 0 Å². The van der Waals surface area contributed by atoms with Crippen LogP contribution in [-0.4, -0.2) is 27.1 Å². The molecule has 0 fully saturated rings. The molecule has 1 atom stereocenters. The molecule has 17 heavy (non-hydrogen) atoms. The van der Waals surface area contributed by atoms with E-state index in [1.807, 2.05) is 19.1 Å². The summed E-state index contributed by atoms with van der Waals surface area (Å²) in [5.41, 5.74) is 1.04. The van der Waals surface area contributed by atoms with Crippen molar-refractivity contribution in [2.75, 3.05) is 20.8 Å². The van der Waals surface area contributed by atoms with E-state index in [4.69, 9.17) is 32.7 Å². The van der Waals surface area contributed by atoms with Crippen LogP contribution in [0.2, 0.25) is 10.0 Å². The summed E-state index contributed by atoms with van der Waals surface area (Å²) in [7, 11) is 3.22. The Morgan fingerprint density at radius 1 is 1.12 bits per heavy atom. The fourth-order valence-electron chi connectivity index (χ4n) is 1.48. The van der Waals surface area contributed by atoms with Crippen LogP contribution >= 0.6 is 23.2 Å². The standard InChI is InChI=1S/C12H17Cl2NO2/c1-8(15-7-12(16-2)17-3)9-4-10(13)6-11(14)5-9/h4-6,8,12,15H,7H2,1-3H3. The predicted molar refractivity (Wildman–Crippen MR) is 70.7 cm³/mol. The van der Waals surface area contributed by atoms with E-state index in [9.17, 15) is 0 Å². The maximum Gasteiger partial charge on any atom is 0.169 e. The van der Waals surface area contributed by atoms with Crippen LogP contribution in [0.1, 0.15) is 18.5 Å². The molecular weight excluding hydrogens is 261 g/mol. The summed E-state index contributed by atoms with van der Waals surface area (Å²) in [5, 5.41) is 4.56. The number of rotatable bonds is 6. The Hall–Kier alpha value is -0.320. The van der Waals surface area contributed by atoms with Gasteiger partial charge in [-0.05, 0) is 30.7 Å². The van der Waals surface area contributed by atoms with Crippen LogP contribution < -0.4 is 5.32 Å². The summed E-state index contributed by atoms with van der Waals surface area (Å²) in [5.74, 6) is 0. The van der Waals surface area contributed by atoms with Crippen LogP contribution in [-0.2, 0) is 9.47 Å². The van der Waals surface area contributed by atoms with Gasteiger partial charge in [-0.3, -0.25) is 0 Å². The third kappa shape index (κ3) is 4.82. The van der Waals surface area contributed by atoms with Crippen molar-refractivity contribution in [3.63, 3.8) is 0 Å². The molecule has 96 valence electrons. The Morgan fingerprint density at radius 2 is 1.65 bits per heavy atom. The van der Waals surface area contributed by atoms with Gasteiger partial charge in [0.15, 0.2) is 6.29 Å². The van der Waals surface area contributed by atoms with Crippen molar-refractivity contribution in [1.29, 1.82) is 0 Å². The molecule has 5 heteroatoms. The molecule has 0 saturated heterocycles. The summed E-state index contributed by atoms with van der Waals surface area (Å²) in [6.07, 6.45) is -0.257. The highest BCUT2D eigenvalue weighted by molar-refractivity contribution is 6.34. The van der Waals surface area contributed by atoms with Crippen molar-refractivity contribution < 1.29 is 9.47 Å². The molecule has 0 bridgehead atoms. The number of nitrogens with one attached hydrogen (secondary N) is 1. The first kappa shape index (κ1) is 14.7. The maximum absolute atomic E-state index is 5.95. The summed E-state index contributed by atoms with van der Waals surface area (Å²) in [6, 6.07) is 5.62. The third-order valence-corrected chi connectivity index (χ3v) is 2.94. The first-order chi connectivity index (χ1) is 8.06. The number of hydrogen-bond donors (Lipinski definition) is 1. The highest BCUT2D eigenvalue weighted by atomic mass is 35.5. The first-order valence-corrected chi connectivity index (χ1v) is 6.07. The minimum Gasteiger partial charge on any atom is -0.355 e. The van der Waals surface area contributed by atoms with Gasteiger partial charge in [-0.25, -0.2) is 0 Å². The Bertz CT molecular complexity index is 336. The Balaban J connectivity index is 2.60. The molecule has 3 nitrogen and oxygen atoms in total. The van der Waals surface area contributed by atoms with Crippen molar-refractivity contribution in [1.82, 2.24) is 5.32 Å². The molecule has 0 amide bonds. The molecule has 0 aliphatic heterocycles. The molecule has 1 unspecified atom stereocenters. The van der Waals surface area contributed by atoms with E-state index < -0.39 is 0 Å². The molecular formula is C12H17Cl2NO2. The van der Waals surface area contributed by atoms with E-state index in [0.29, 0.717) is 16.6 Å². The second kappa shape index (κ2) is 7.19. The van der Waals surface area contributed by atoms with Gasteiger partial charge in [0.05, 0.1) is 0 Å². The molecule has 0 aliphatic rings. The number of halogens is 2. The van der Waals surface area contributed by atoms with E-state index in [-0.39, 0.29) is 12.3 Å². The van der Waals surface area contributed by atoms with E-state index in [0.717, 1.165) is 5.56 Å². The number of methoxy groups -OCH3 is 2. The minimum absolute atomic E-state index is 0.124. The second-order valence-corrected chi connectivity index (χ2v) is 4.61. The lowest BCUT2D eigenvalue weighted by molar-refractivity contribution is -0.0997. The van der Waals surface area contributed by atoms with Gasteiger partial charge >= 0.3 is 0 Å². The number of hydrogen-bond acceptors (Lipinski definition) is 3. The van der Waals surface area contributed by atoms with Crippen molar-refractivity contribution in [2.24, 2.45) is 0 Å². The molecule has 0 heterocycles. The lowest BCUT2D eigenvalue weighted by Gasteiger charge is -2.19. The molecule has 0 radical (unpaired) electrons. The van der Waals surface area contributed by atoms with E-state index in [2.05, 4.69) is 5.32 Å². The average molecular weight is 278 g/mol. The largest absolute Gasteiger partial charge is 0.355 e. The van der Waals surface area contributed by atoms with Crippen molar-refractivity contribution >= 4 is 23.2 Å². The molecule has 0 spiro atoms. The van der Waals surface area contributed by atoms with E-state index in [1.54, 1.807) is 20.3 Å². The van der Waals surface area contributed by atoms with Gasteiger partial charge in [-0.2, -0.15) is 0 Å². The highest BCUT2D eigenvalue weighted by Crippen LogP contribution is 2.23. The van der Waals surface area contributed by atoms with Crippen LogP contribution in [0.4, 0.5) is 0 Å². The van der Waals surface area contributed by atoms with Crippen LogP contribution in [0.5, 0.6) is 0 Å². The normalized spacial score (nSPS) is 13.1. The summed E-state index contributed by atoms with van der Waals surface area (Å²) in [6.45, 7) is 2.63. The van der Waals surface area contributed by atoms with Gasteiger partial charge in [-0.1, -0.05) is 23.2 Å². The lowest BCUT2D eigenvalue weighted by atomic mass is 10.1. The zero-order valence-electron chi connectivity index (χ0n) is 10.2. The zero-order chi connectivity index (χ0) is 12.8. The quantitative estimate of drug-likeness (QED) is 0.810. The smallest absolute Gasteiger partial charge is 0.169 e. The van der Waals surface area contributed by atoms with Crippen molar-refractivity contribution in [2.45, 2.75) is 19.3 Å². The molecule has 0 aromatic heterocycles. The van der Waals surface area contributed by atoms with Crippen LogP contribution in [0.3, 0.4) is 0 Å². The van der Waals surface area contributed by atoms with Gasteiger partial charge in [-0.15, -0.1) is 0 Å². The average Bonchev–Trinajstić information content (AvgIpc) is 2.28. The molecule has 1 aromatic carbocycles. The second-order valence-electron chi connectivity index (χ2n) is 3.73. The predicted octanol–water partition coefficient (Wildman–Crippen LogP) is 3.26. The topological polar surface area (TPSA) is 30.5 Å². The fraction of sp³-hybridized carbons (Fsp3) is 0.500. The highest BCUT2D eigenvalue weighted by Gasteiger charge is 2.10. The number of benzene rings is 1. The van der Waals surface area contributed by atoms with Crippen molar-refractivity contribution in [3.8, 4) is 0 Å². The van der Waals surface area contributed by atoms with Gasteiger partial charge in [0.2, 0.25) is 0 Å². The zero-order valence-corrected chi connectivity index (χ0v) is 11.7. The molecule has 0 saturated carbocycles. The van der Waals surface area contributed by atoms with Crippen LogP contribution in [0.25, 0.3) is 0 Å². The third-order valence-electron chi connectivity index (χ3n) is 2.50.